The molecule has 144 valence electrons. The van der Waals surface area contributed by atoms with Crippen molar-refractivity contribution in [1.29, 1.82) is 0 Å². The minimum absolute atomic E-state index is 0.0727. The molecule has 6 heteroatoms. The molecule has 0 atom stereocenters. The molecule has 0 unspecified atom stereocenters. The third-order valence-electron chi connectivity index (χ3n) is 5.35. The number of rotatable bonds is 6. The van der Waals surface area contributed by atoms with Gasteiger partial charge in [-0.25, -0.2) is 0 Å². The summed E-state index contributed by atoms with van der Waals surface area (Å²) in [5.74, 6) is 0.0727. The molecule has 0 radical (unpaired) electrons. The fourth-order valence-corrected chi connectivity index (χ4v) is 3.74. The van der Waals surface area contributed by atoms with Crippen molar-refractivity contribution in [3.8, 4) is 11.3 Å². The van der Waals surface area contributed by atoms with E-state index in [0.717, 1.165) is 16.8 Å². The van der Waals surface area contributed by atoms with Crippen molar-refractivity contribution in [3.63, 3.8) is 0 Å². The zero-order valence-corrected chi connectivity index (χ0v) is 15.8. The zero-order chi connectivity index (χ0) is 19.2. The van der Waals surface area contributed by atoms with E-state index in [1.165, 1.54) is 0 Å². The van der Waals surface area contributed by atoms with Crippen LogP contribution in [0.2, 0.25) is 0 Å². The number of nitrogens with zero attached hydrogens (tertiary/aromatic N) is 3. The Morgan fingerprint density at radius 3 is 2.57 bits per heavy atom. The first kappa shape index (κ1) is 18.4. The first-order chi connectivity index (χ1) is 13.8. The van der Waals surface area contributed by atoms with E-state index < -0.39 is 5.41 Å². The molecule has 6 nitrogen and oxygen atoms in total. The van der Waals surface area contributed by atoms with Crippen molar-refractivity contribution in [2.75, 3.05) is 19.8 Å². The molecule has 1 amide bonds. The highest BCUT2D eigenvalue weighted by molar-refractivity contribution is 5.88. The maximum atomic E-state index is 13.1. The van der Waals surface area contributed by atoms with Gasteiger partial charge >= 0.3 is 0 Å². The summed E-state index contributed by atoms with van der Waals surface area (Å²) in [6, 6.07) is 15.9. The van der Waals surface area contributed by atoms with Gasteiger partial charge in [0.15, 0.2) is 0 Å². The molecule has 2 aromatic heterocycles. The monoisotopic (exact) mass is 376 g/mol. The van der Waals surface area contributed by atoms with Gasteiger partial charge in [-0.05, 0) is 36.6 Å². The molecule has 1 fully saturated rings. The summed E-state index contributed by atoms with van der Waals surface area (Å²) in [5.41, 5.74) is 2.49. The molecule has 1 aromatic carbocycles. The summed E-state index contributed by atoms with van der Waals surface area (Å²) >= 11 is 0. The fraction of sp³-hybridized carbons (Fsp3) is 0.318. The molecule has 0 bridgehead atoms. The van der Waals surface area contributed by atoms with E-state index in [-0.39, 0.29) is 5.91 Å². The van der Waals surface area contributed by atoms with E-state index in [0.29, 0.717) is 39.1 Å². The molecule has 3 aromatic rings. The second-order valence-electron chi connectivity index (χ2n) is 7.02. The van der Waals surface area contributed by atoms with Crippen molar-refractivity contribution in [2.45, 2.75) is 24.8 Å². The van der Waals surface area contributed by atoms with Gasteiger partial charge in [-0.2, -0.15) is 5.10 Å². The predicted octanol–water partition coefficient (Wildman–Crippen LogP) is 2.81. The van der Waals surface area contributed by atoms with Crippen LogP contribution < -0.4 is 5.32 Å². The Morgan fingerprint density at radius 2 is 1.82 bits per heavy atom. The van der Waals surface area contributed by atoms with E-state index in [1.807, 2.05) is 59.4 Å². The molecular weight excluding hydrogens is 352 g/mol. The largest absolute Gasteiger partial charge is 0.381 e. The molecular formula is C22H24N4O2. The van der Waals surface area contributed by atoms with E-state index in [1.54, 1.807) is 12.4 Å². The summed E-state index contributed by atoms with van der Waals surface area (Å²) < 4.78 is 7.37. The Labute approximate surface area is 164 Å². The lowest BCUT2D eigenvalue weighted by molar-refractivity contribution is -0.130. The van der Waals surface area contributed by atoms with Gasteiger partial charge in [0.05, 0.1) is 17.7 Å². The van der Waals surface area contributed by atoms with Gasteiger partial charge in [0, 0.05) is 43.9 Å². The van der Waals surface area contributed by atoms with Gasteiger partial charge in [0.2, 0.25) is 5.91 Å². The molecule has 3 heterocycles. The summed E-state index contributed by atoms with van der Waals surface area (Å²) in [5, 5.41) is 7.71. The molecule has 1 saturated heterocycles. The maximum Gasteiger partial charge on any atom is 0.230 e. The van der Waals surface area contributed by atoms with Crippen LogP contribution in [0, 0.1) is 0 Å². The van der Waals surface area contributed by atoms with Crippen molar-refractivity contribution in [3.05, 3.63) is 72.7 Å². The van der Waals surface area contributed by atoms with Gasteiger partial charge in [-0.3, -0.25) is 14.5 Å². The normalized spacial score (nSPS) is 15.9. The Bertz CT molecular complexity index is 903. The van der Waals surface area contributed by atoms with Crippen LogP contribution in [0.3, 0.4) is 0 Å². The van der Waals surface area contributed by atoms with Crippen LogP contribution in [0.5, 0.6) is 0 Å². The second-order valence-corrected chi connectivity index (χ2v) is 7.02. The van der Waals surface area contributed by atoms with Gasteiger partial charge < -0.3 is 10.1 Å². The summed E-state index contributed by atoms with van der Waals surface area (Å²) in [7, 11) is 0. The molecule has 4 rings (SSSR count). The molecule has 0 spiro atoms. The maximum absolute atomic E-state index is 13.1. The number of hydrogen-bond donors (Lipinski definition) is 1. The van der Waals surface area contributed by atoms with E-state index in [4.69, 9.17) is 4.74 Å². The predicted molar refractivity (Wildman–Crippen MR) is 107 cm³/mol. The third-order valence-corrected chi connectivity index (χ3v) is 5.35. The van der Waals surface area contributed by atoms with Crippen molar-refractivity contribution in [1.82, 2.24) is 20.1 Å². The highest BCUT2D eigenvalue weighted by Gasteiger charge is 2.41. The van der Waals surface area contributed by atoms with Crippen molar-refractivity contribution < 1.29 is 9.53 Å². The number of ether oxygens (including phenoxy) is 1. The van der Waals surface area contributed by atoms with Crippen LogP contribution in [0.4, 0.5) is 0 Å². The molecule has 28 heavy (non-hydrogen) atoms. The van der Waals surface area contributed by atoms with Crippen LogP contribution in [-0.4, -0.2) is 40.4 Å². The lowest BCUT2D eigenvalue weighted by atomic mass is 9.73. The minimum Gasteiger partial charge on any atom is -0.381 e. The fourth-order valence-electron chi connectivity index (χ4n) is 3.74. The van der Waals surface area contributed by atoms with Crippen molar-refractivity contribution >= 4 is 5.91 Å². The van der Waals surface area contributed by atoms with Gasteiger partial charge in [-0.1, -0.05) is 30.3 Å². The number of aromatic nitrogens is 3. The number of pyridine rings is 1. The standard InChI is InChI=1S/C22H24N4O2/c27-21(22(9-16-28-17-10-22)19-4-2-1-3-5-19)24-13-15-26-14-8-20(25-26)18-6-11-23-12-7-18/h1-8,11-12,14H,9-10,13,15-17H2,(H,24,27). The number of hydrogen-bond acceptors (Lipinski definition) is 4. The van der Waals surface area contributed by atoms with Crippen LogP contribution in [0.15, 0.2) is 67.1 Å². The molecule has 1 aliphatic rings. The van der Waals surface area contributed by atoms with E-state index >= 15 is 0 Å². The second kappa shape index (κ2) is 8.35. The van der Waals surface area contributed by atoms with E-state index in [9.17, 15) is 4.79 Å². The molecule has 1 N–H and O–H groups in total. The minimum atomic E-state index is -0.508. The van der Waals surface area contributed by atoms with E-state index in [2.05, 4.69) is 15.4 Å². The van der Waals surface area contributed by atoms with Crippen LogP contribution in [0.25, 0.3) is 11.3 Å². The highest BCUT2D eigenvalue weighted by atomic mass is 16.5. The quantitative estimate of drug-likeness (QED) is 0.718. The van der Waals surface area contributed by atoms with Gasteiger partial charge in [0.25, 0.3) is 0 Å². The number of benzene rings is 1. The number of nitrogens with one attached hydrogen (secondary N) is 1. The summed E-state index contributed by atoms with van der Waals surface area (Å²) in [6.45, 7) is 2.37. The summed E-state index contributed by atoms with van der Waals surface area (Å²) in [4.78, 5) is 17.2. The van der Waals surface area contributed by atoms with Gasteiger partial charge in [-0.15, -0.1) is 0 Å². The lowest BCUT2D eigenvalue weighted by Crippen LogP contribution is -2.48. The molecule has 0 aliphatic carbocycles. The number of carbonyl (C=O) groups excluding carboxylic acids is 1. The number of carbonyl (C=O) groups is 1. The first-order valence-electron chi connectivity index (χ1n) is 9.63. The topological polar surface area (TPSA) is 69.0 Å². The average molecular weight is 376 g/mol. The third kappa shape index (κ3) is 3.82. The van der Waals surface area contributed by atoms with Crippen LogP contribution in [0.1, 0.15) is 18.4 Å². The average Bonchev–Trinajstić information content (AvgIpc) is 3.24. The highest BCUT2D eigenvalue weighted by Crippen LogP contribution is 2.35. The van der Waals surface area contributed by atoms with Crippen molar-refractivity contribution in [2.24, 2.45) is 0 Å². The summed E-state index contributed by atoms with van der Waals surface area (Å²) in [6.07, 6.45) is 6.86. The lowest BCUT2D eigenvalue weighted by Gasteiger charge is -2.36. The first-order valence-corrected chi connectivity index (χ1v) is 9.63. The van der Waals surface area contributed by atoms with Crippen LogP contribution >= 0.6 is 0 Å². The Hall–Kier alpha value is -2.99. The Morgan fingerprint density at radius 1 is 1.07 bits per heavy atom. The molecule has 0 saturated carbocycles. The zero-order valence-electron chi connectivity index (χ0n) is 15.8. The Balaban J connectivity index is 1.40. The van der Waals surface area contributed by atoms with Gasteiger partial charge in [0.1, 0.15) is 0 Å². The van der Waals surface area contributed by atoms with Crippen LogP contribution in [-0.2, 0) is 21.5 Å². The smallest absolute Gasteiger partial charge is 0.230 e. The Kier molecular flexibility index (Phi) is 5.48. The SMILES string of the molecule is O=C(NCCn1ccc(-c2ccncc2)n1)C1(c2ccccc2)CCOCC1. The molecule has 1 aliphatic heterocycles. The number of amides is 1.